The molecular formula is C16H28Br2O2. The summed E-state index contributed by atoms with van der Waals surface area (Å²) in [6, 6.07) is 0. The highest BCUT2D eigenvalue weighted by Gasteiger charge is 2.18. The third-order valence-corrected chi connectivity index (χ3v) is 3.77. The van der Waals surface area contributed by atoms with Gasteiger partial charge in [0, 0.05) is 23.9 Å². The molecule has 0 aromatic rings. The monoisotopic (exact) mass is 410 g/mol. The number of alkyl halides is 2. The van der Waals surface area contributed by atoms with Crippen LogP contribution in [0.2, 0.25) is 0 Å². The zero-order valence-corrected chi connectivity index (χ0v) is 16.4. The maximum absolute atomic E-state index is 5.81. The van der Waals surface area contributed by atoms with Crippen LogP contribution in [0.5, 0.6) is 0 Å². The van der Waals surface area contributed by atoms with E-state index in [1.54, 1.807) is 0 Å². The van der Waals surface area contributed by atoms with Gasteiger partial charge in [-0.15, -0.1) is 0 Å². The minimum Gasteiger partial charge on any atom is -0.363 e. The molecule has 0 aliphatic carbocycles. The van der Waals surface area contributed by atoms with Gasteiger partial charge in [-0.3, -0.25) is 0 Å². The molecular weight excluding hydrogens is 384 g/mol. The Hall–Kier alpha value is 0.440. The summed E-state index contributed by atoms with van der Waals surface area (Å²) in [7, 11) is 0. The van der Waals surface area contributed by atoms with Crippen molar-refractivity contribution in [1.29, 1.82) is 0 Å². The van der Waals surface area contributed by atoms with Gasteiger partial charge in [-0.2, -0.15) is 0 Å². The van der Waals surface area contributed by atoms with Crippen LogP contribution in [0.1, 0.15) is 53.4 Å². The molecule has 0 fully saturated rings. The van der Waals surface area contributed by atoms with E-state index in [1.165, 1.54) is 0 Å². The summed E-state index contributed by atoms with van der Waals surface area (Å²) in [5.41, 5.74) is -0.828. The number of rotatable bonds is 10. The molecule has 0 saturated heterocycles. The fraction of sp³-hybridized carbons (Fsp3) is 0.875. The predicted octanol–water partition coefficient (Wildman–Crippen LogP) is 4.93. The topological polar surface area (TPSA) is 18.5 Å². The van der Waals surface area contributed by atoms with E-state index >= 15 is 0 Å². The Morgan fingerprint density at radius 2 is 1.05 bits per heavy atom. The highest BCUT2D eigenvalue weighted by molar-refractivity contribution is 9.09. The Bertz CT molecular complexity index is 275. The minimum absolute atomic E-state index is 0.414. The molecule has 0 bridgehead atoms. The summed E-state index contributed by atoms with van der Waals surface area (Å²) >= 11 is 6.84. The lowest BCUT2D eigenvalue weighted by molar-refractivity contribution is 0.0170. The molecule has 4 heteroatoms. The molecule has 0 atom stereocenters. The van der Waals surface area contributed by atoms with E-state index in [1.807, 2.05) is 27.7 Å². The smallest absolute Gasteiger partial charge is 0.123 e. The maximum Gasteiger partial charge on any atom is 0.123 e. The third-order valence-electron chi connectivity index (χ3n) is 2.65. The standard InChI is InChI=1S/C16H28Br2O2/c1-15(2,19-13-7-5-11-17)9-10-16(3,4)20-14-8-6-12-18/h5-8,11-14H2,1-4H3. The Morgan fingerprint density at radius 1 is 0.700 bits per heavy atom. The zero-order chi connectivity index (χ0) is 15.5. The second-order valence-electron chi connectivity index (χ2n) is 5.76. The summed E-state index contributed by atoms with van der Waals surface area (Å²) in [6.07, 6.45) is 4.38. The van der Waals surface area contributed by atoms with Gasteiger partial charge in [-0.1, -0.05) is 43.7 Å². The molecule has 0 amide bonds. The molecule has 0 aromatic carbocycles. The van der Waals surface area contributed by atoms with Crippen molar-refractivity contribution in [2.45, 2.75) is 64.6 Å². The molecule has 0 saturated carbocycles. The Labute approximate surface area is 141 Å². The summed E-state index contributed by atoms with van der Waals surface area (Å²) < 4.78 is 11.6. The van der Waals surface area contributed by atoms with E-state index in [0.717, 1.165) is 49.6 Å². The lowest BCUT2D eigenvalue weighted by Gasteiger charge is -2.22. The largest absolute Gasteiger partial charge is 0.363 e. The third kappa shape index (κ3) is 12.2. The van der Waals surface area contributed by atoms with E-state index in [-0.39, 0.29) is 0 Å². The van der Waals surface area contributed by atoms with Gasteiger partial charge >= 0.3 is 0 Å². The molecule has 0 N–H and O–H groups in total. The normalized spacial score (nSPS) is 12.1. The summed E-state index contributed by atoms with van der Waals surface area (Å²) in [5.74, 6) is 6.40. The zero-order valence-electron chi connectivity index (χ0n) is 13.2. The second-order valence-corrected chi connectivity index (χ2v) is 7.35. The second kappa shape index (κ2) is 11.1. The van der Waals surface area contributed by atoms with Gasteiger partial charge in [0.05, 0.1) is 0 Å². The minimum atomic E-state index is -0.414. The molecule has 20 heavy (non-hydrogen) atoms. The molecule has 0 unspecified atom stereocenters. The van der Waals surface area contributed by atoms with Crippen molar-refractivity contribution in [3.05, 3.63) is 0 Å². The van der Waals surface area contributed by atoms with Crippen LogP contribution >= 0.6 is 31.9 Å². The molecule has 0 rings (SSSR count). The Balaban J connectivity index is 4.15. The van der Waals surface area contributed by atoms with E-state index in [9.17, 15) is 0 Å². The molecule has 0 spiro atoms. The van der Waals surface area contributed by atoms with Crippen LogP contribution in [0.15, 0.2) is 0 Å². The quantitative estimate of drug-likeness (QED) is 0.288. The van der Waals surface area contributed by atoms with Crippen molar-refractivity contribution in [3.8, 4) is 11.8 Å². The van der Waals surface area contributed by atoms with Crippen LogP contribution in [-0.2, 0) is 9.47 Å². The van der Waals surface area contributed by atoms with Crippen molar-refractivity contribution in [2.24, 2.45) is 0 Å². The summed E-state index contributed by atoms with van der Waals surface area (Å²) in [5, 5.41) is 2.05. The number of hydrogen-bond donors (Lipinski definition) is 0. The fourth-order valence-electron chi connectivity index (χ4n) is 1.42. The molecule has 0 aromatic heterocycles. The van der Waals surface area contributed by atoms with Gasteiger partial charge < -0.3 is 9.47 Å². The fourth-order valence-corrected chi connectivity index (χ4v) is 2.21. The van der Waals surface area contributed by atoms with Crippen molar-refractivity contribution in [2.75, 3.05) is 23.9 Å². The van der Waals surface area contributed by atoms with Crippen LogP contribution in [0.4, 0.5) is 0 Å². The molecule has 2 nitrogen and oxygen atoms in total. The van der Waals surface area contributed by atoms with Crippen LogP contribution < -0.4 is 0 Å². The average Bonchev–Trinajstić information content (AvgIpc) is 2.38. The van der Waals surface area contributed by atoms with E-state index < -0.39 is 11.2 Å². The van der Waals surface area contributed by atoms with Gasteiger partial charge in [-0.05, 0) is 53.4 Å². The molecule has 0 aliphatic rings. The van der Waals surface area contributed by atoms with E-state index in [0.29, 0.717) is 0 Å². The lowest BCUT2D eigenvalue weighted by atomic mass is 10.1. The van der Waals surface area contributed by atoms with Gasteiger partial charge in [0.1, 0.15) is 11.2 Å². The lowest BCUT2D eigenvalue weighted by Crippen LogP contribution is -2.27. The first-order chi connectivity index (χ1) is 9.33. The van der Waals surface area contributed by atoms with Crippen LogP contribution in [0.25, 0.3) is 0 Å². The van der Waals surface area contributed by atoms with E-state index in [2.05, 4.69) is 43.7 Å². The predicted molar refractivity (Wildman–Crippen MR) is 93.9 cm³/mol. The molecule has 0 radical (unpaired) electrons. The number of halogens is 2. The number of unbranched alkanes of at least 4 members (excludes halogenated alkanes) is 2. The van der Waals surface area contributed by atoms with Gasteiger partial charge in [0.15, 0.2) is 0 Å². The SMILES string of the molecule is CC(C)(C#CC(C)(C)OCCCCBr)OCCCCBr. The van der Waals surface area contributed by atoms with Gasteiger partial charge in [0.2, 0.25) is 0 Å². The van der Waals surface area contributed by atoms with Gasteiger partial charge in [0.25, 0.3) is 0 Å². The highest BCUT2D eigenvalue weighted by Crippen LogP contribution is 2.13. The molecule has 0 heterocycles. The maximum atomic E-state index is 5.81. The van der Waals surface area contributed by atoms with E-state index in [4.69, 9.17) is 9.47 Å². The van der Waals surface area contributed by atoms with Crippen molar-refractivity contribution >= 4 is 31.9 Å². The van der Waals surface area contributed by atoms with Crippen LogP contribution in [0.3, 0.4) is 0 Å². The highest BCUT2D eigenvalue weighted by atomic mass is 79.9. The number of hydrogen-bond acceptors (Lipinski definition) is 2. The number of ether oxygens (including phenoxy) is 2. The Kier molecular flexibility index (Phi) is 11.3. The first-order valence-electron chi connectivity index (χ1n) is 7.27. The summed E-state index contributed by atoms with van der Waals surface area (Å²) in [6.45, 7) is 9.54. The van der Waals surface area contributed by atoms with Crippen molar-refractivity contribution in [3.63, 3.8) is 0 Å². The average molecular weight is 412 g/mol. The summed E-state index contributed by atoms with van der Waals surface area (Å²) in [4.78, 5) is 0. The Morgan fingerprint density at radius 3 is 1.35 bits per heavy atom. The van der Waals surface area contributed by atoms with Gasteiger partial charge in [-0.25, -0.2) is 0 Å². The molecule has 0 aliphatic heterocycles. The van der Waals surface area contributed by atoms with Crippen molar-refractivity contribution < 1.29 is 9.47 Å². The first-order valence-corrected chi connectivity index (χ1v) is 9.51. The first kappa shape index (κ1) is 20.4. The van der Waals surface area contributed by atoms with Crippen LogP contribution in [-0.4, -0.2) is 35.1 Å². The van der Waals surface area contributed by atoms with Crippen molar-refractivity contribution in [1.82, 2.24) is 0 Å². The van der Waals surface area contributed by atoms with Crippen LogP contribution in [0, 0.1) is 11.8 Å². The molecule has 118 valence electrons.